The number of hydrogen-bond donors (Lipinski definition) is 1. The SMILES string of the molecule is COC1CC(CN(C(=O)C2CCC(O)CC2)c2cccc(/C=C/C(=O)OC(C)C)c2)CCC1c1ccc(N(C)C)cc1. The summed E-state index contributed by atoms with van der Waals surface area (Å²) in [6.45, 7) is 4.26. The Balaban J connectivity index is 1.52. The van der Waals surface area contributed by atoms with Gasteiger partial charge in [0.05, 0.1) is 18.3 Å². The molecule has 2 aromatic rings. The van der Waals surface area contributed by atoms with Gasteiger partial charge in [-0.3, -0.25) is 4.79 Å². The predicted octanol–water partition coefficient (Wildman–Crippen LogP) is 6.20. The van der Waals surface area contributed by atoms with Crippen LogP contribution in [0.3, 0.4) is 0 Å². The molecule has 0 bridgehead atoms. The standard InChI is InChI=1S/C35H48N2O5/c1-24(2)42-34(39)20-10-25-7-6-8-30(21-25)37(35(40)28-13-17-31(38)18-14-28)23-26-9-19-32(33(22-26)41-5)27-11-15-29(16-12-27)36(3)4/h6-8,10-12,15-16,20-21,24,26,28,31-33,38H,9,13-14,17-19,22-23H2,1-5H3/b20-10+. The van der Waals surface area contributed by atoms with Gasteiger partial charge in [0.25, 0.3) is 0 Å². The van der Waals surface area contributed by atoms with Gasteiger partial charge >= 0.3 is 5.97 Å². The van der Waals surface area contributed by atoms with Gasteiger partial charge in [-0.25, -0.2) is 4.79 Å². The summed E-state index contributed by atoms with van der Waals surface area (Å²) in [4.78, 5) is 30.2. The Hall–Kier alpha value is -3.16. The molecule has 2 aliphatic rings. The molecule has 0 radical (unpaired) electrons. The van der Waals surface area contributed by atoms with Crippen LogP contribution in [0.2, 0.25) is 0 Å². The molecule has 4 rings (SSSR count). The van der Waals surface area contributed by atoms with Gasteiger partial charge in [0.2, 0.25) is 5.91 Å². The highest BCUT2D eigenvalue weighted by molar-refractivity contribution is 5.95. The number of methoxy groups -OCH3 is 1. The zero-order valence-corrected chi connectivity index (χ0v) is 25.9. The van der Waals surface area contributed by atoms with E-state index in [9.17, 15) is 14.7 Å². The average Bonchev–Trinajstić information content (AvgIpc) is 2.98. The molecule has 2 saturated carbocycles. The first-order valence-electron chi connectivity index (χ1n) is 15.4. The Kier molecular flexibility index (Phi) is 11.2. The first-order chi connectivity index (χ1) is 20.1. The topological polar surface area (TPSA) is 79.3 Å². The van der Waals surface area contributed by atoms with E-state index in [0.717, 1.165) is 30.5 Å². The van der Waals surface area contributed by atoms with Crippen molar-refractivity contribution in [2.24, 2.45) is 11.8 Å². The molecule has 1 N–H and O–H groups in total. The lowest BCUT2D eigenvalue weighted by Crippen LogP contribution is -2.43. The van der Waals surface area contributed by atoms with Gasteiger partial charge in [-0.05, 0) is 106 Å². The van der Waals surface area contributed by atoms with E-state index in [-0.39, 0.29) is 36.1 Å². The van der Waals surface area contributed by atoms with Crippen LogP contribution in [0.4, 0.5) is 11.4 Å². The van der Waals surface area contributed by atoms with Gasteiger partial charge in [0.1, 0.15) is 0 Å². The fourth-order valence-electron chi connectivity index (χ4n) is 6.40. The number of carbonyl (C=O) groups is 2. The largest absolute Gasteiger partial charge is 0.460 e. The molecule has 7 heteroatoms. The summed E-state index contributed by atoms with van der Waals surface area (Å²) in [5.74, 6) is 0.259. The minimum atomic E-state index is -0.386. The summed E-state index contributed by atoms with van der Waals surface area (Å²) in [7, 11) is 5.89. The van der Waals surface area contributed by atoms with Crippen LogP contribution in [0.5, 0.6) is 0 Å². The van der Waals surface area contributed by atoms with Crippen molar-refractivity contribution in [2.45, 2.75) is 83.0 Å². The van der Waals surface area contributed by atoms with Crippen LogP contribution in [0.15, 0.2) is 54.6 Å². The summed E-state index contributed by atoms with van der Waals surface area (Å²) >= 11 is 0. The maximum atomic E-state index is 14.0. The van der Waals surface area contributed by atoms with Crippen molar-refractivity contribution in [3.63, 3.8) is 0 Å². The molecule has 0 saturated heterocycles. The van der Waals surface area contributed by atoms with Gasteiger partial charge in [-0.15, -0.1) is 0 Å². The van der Waals surface area contributed by atoms with E-state index in [1.165, 1.54) is 17.3 Å². The molecule has 228 valence electrons. The molecule has 2 aromatic carbocycles. The molecular formula is C35H48N2O5. The maximum Gasteiger partial charge on any atom is 0.331 e. The highest BCUT2D eigenvalue weighted by atomic mass is 16.5. The molecule has 42 heavy (non-hydrogen) atoms. The normalized spacial score (nSPS) is 24.5. The van der Waals surface area contributed by atoms with E-state index in [2.05, 4.69) is 29.2 Å². The average molecular weight is 577 g/mol. The maximum absolute atomic E-state index is 14.0. The number of carbonyl (C=O) groups excluding carboxylic acids is 2. The Labute approximate surface area is 251 Å². The van der Waals surface area contributed by atoms with Crippen LogP contribution in [-0.4, -0.2) is 63.0 Å². The third-order valence-corrected chi connectivity index (χ3v) is 8.74. The van der Waals surface area contributed by atoms with E-state index < -0.39 is 0 Å². The number of esters is 1. The quantitative estimate of drug-likeness (QED) is 0.268. The summed E-state index contributed by atoms with van der Waals surface area (Å²) in [6, 6.07) is 16.6. The number of nitrogens with zero attached hydrogens (tertiary/aromatic N) is 2. The number of aliphatic hydroxyl groups excluding tert-OH is 1. The van der Waals surface area contributed by atoms with Crippen LogP contribution in [0.1, 0.15) is 75.8 Å². The number of rotatable bonds is 10. The molecule has 3 atom stereocenters. The van der Waals surface area contributed by atoms with Crippen LogP contribution in [0, 0.1) is 11.8 Å². The van der Waals surface area contributed by atoms with Crippen LogP contribution >= 0.6 is 0 Å². The van der Waals surface area contributed by atoms with Crippen molar-refractivity contribution in [3.05, 3.63) is 65.7 Å². The smallest absolute Gasteiger partial charge is 0.331 e. The summed E-state index contributed by atoms with van der Waals surface area (Å²) in [6.07, 6.45) is 8.37. The first-order valence-corrected chi connectivity index (χ1v) is 15.4. The number of hydrogen-bond acceptors (Lipinski definition) is 6. The van der Waals surface area contributed by atoms with Crippen LogP contribution < -0.4 is 9.80 Å². The van der Waals surface area contributed by atoms with Gasteiger partial charge in [0, 0.05) is 57.0 Å². The van der Waals surface area contributed by atoms with Crippen LogP contribution in [-0.2, 0) is 19.1 Å². The van der Waals surface area contributed by atoms with E-state index in [1.54, 1.807) is 13.2 Å². The van der Waals surface area contributed by atoms with Crippen molar-refractivity contribution >= 4 is 29.3 Å². The summed E-state index contributed by atoms with van der Waals surface area (Å²) in [5.41, 5.74) is 4.15. The van der Waals surface area contributed by atoms with Crippen molar-refractivity contribution < 1.29 is 24.2 Å². The second-order valence-electron chi connectivity index (χ2n) is 12.4. The molecule has 0 spiro atoms. The molecule has 0 aliphatic heterocycles. The number of amides is 1. The summed E-state index contributed by atoms with van der Waals surface area (Å²) in [5, 5.41) is 10.1. The minimum absolute atomic E-state index is 0.0805. The number of benzene rings is 2. The van der Waals surface area contributed by atoms with E-state index >= 15 is 0 Å². The first kappa shape index (κ1) is 31.8. The number of aliphatic hydroxyl groups is 1. The number of anilines is 2. The molecular weight excluding hydrogens is 528 g/mol. The molecule has 2 aliphatic carbocycles. The highest BCUT2D eigenvalue weighted by Crippen LogP contribution is 2.39. The Bertz CT molecular complexity index is 1200. The lowest BCUT2D eigenvalue weighted by atomic mass is 9.76. The van der Waals surface area contributed by atoms with Gasteiger partial charge in [-0.1, -0.05) is 24.3 Å². The van der Waals surface area contributed by atoms with Gasteiger partial charge in [0.15, 0.2) is 0 Å². The van der Waals surface area contributed by atoms with Crippen molar-refractivity contribution in [2.75, 3.05) is 37.5 Å². The molecule has 7 nitrogen and oxygen atoms in total. The third kappa shape index (κ3) is 8.45. The van der Waals surface area contributed by atoms with Gasteiger partial charge < -0.3 is 24.4 Å². The highest BCUT2D eigenvalue weighted by Gasteiger charge is 2.35. The fraction of sp³-hybridized carbons (Fsp3) is 0.543. The second kappa shape index (κ2) is 14.8. The molecule has 0 heterocycles. The third-order valence-electron chi connectivity index (χ3n) is 8.74. The molecule has 2 fully saturated rings. The zero-order valence-electron chi connectivity index (χ0n) is 25.9. The summed E-state index contributed by atoms with van der Waals surface area (Å²) < 4.78 is 11.3. The number of ether oxygens (including phenoxy) is 2. The van der Waals surface area contributed by atoms with E-state index in [0.29, 0.717) is 44.1 Å². The van der Waals surface area contributed by atoms with Crippen LogP contribution in [0.25, 0.3) is 6.08 Å². The second-order valence-corrected chi connectivity index (χ2v) is 12.4. The van der Waals surface area contributed by atoms with Crippen molar-refractivity contribution in [1.29, 1.82) is 0 Å². The Morgan fingerprint density at radius 2 is 1.69 bits per heavy atom. The fourth-order valence-corrected chi connectivity index (χ4v) is 6.40. The lowest BCUT2D eigenvalue weighted by molar-refractivity contribution is -0.141. The van der Waals surface area contributed by atoms with E-state index in [1.807, 2.05) is 57.1 Å². The molecule has 3 unspecified atom stereocenters. The minimum Gasteiger partial charge on any atom is -0.460 e. The lowest BCUT2D eigenvalue weighted by Gasteiger charge is -2.39. The monoisotopic (exact) mass is 576 g/mol. The van der Waals surface area contributed by atoms with Gasteiger partial charge in [-0.2, -0.15) is 0 Å². The van der Waals surface area contributed by atoms with E-state index in [4.69, 9.17) is 9.47 Å². The predicted molar refractivity (Wildman–Crippen MR) is 169 cm³/mol. The Morgan fingerprint density at radius 1 is 0.976 bits per heavy atom. The molecule has 1 amide bonds. The Morgan fingerprint density at radius 3 is 2.33 bits per heavy atom. The van der Waals surface area contributed by atoms with Crippen molar-refractivity contribution in [3.8, 4) is 0 Å². The molecule has 0 aromatic heterocycles. The van der Waals surface area contributed by atoms with Crippen molar-refractivity contribution in [1.82, 2.24) is 0 Å². The zero-order chi connectivity index (χ0) is 30.2.